The number of imidazole rings is 1. The minimum atomic E-state index is -0.314. The van der Waals surface area contributed by atoms with E-state index in [1.54, 1.807) is 46.3 Å². The van der Waals surface area contributed by atoms with Crippen molar-refractivity contribution in [3.8, 4) is 17.1 Å². The number of likely N-dealkylation sites (tertiary alicyclic amines) is 1. The summed E-state index contributed by atoms with van der Waals surface area (Å²) in [5, 5.41) is 8.17. The maximum absolute atomic E-state index is 13.3. The highest BCUT2D eigenvalue weighted by molar-refractivity contribution is 5.92. The average molecular weight is 381 g/mol. The molecule has 1 aliphatic rings. The Morgan fingerprint density at radius 3 is 2.89 bits per heavy atom. The average Bonchev–Trinajstić information content (AvgIpc) is 3.35. The highest BCUT2D eigenvalue weighted by Gasteiger charge is 2.28. The molecule has 0 bridgehead atoms. The maximum Gasteiger partial charge on any atom is 0.274 e. The minimum absolute atomic E-state index is 0.0534. The van der Waals surface area contributed by atoms with Crippen LogP contribution in [-0.4, -0.2) is 50.3 Å². The lowest BCUT2D eigenvalue weighted by atomic mass is 10.1. The topological polar surface area (TPSA) is 73.1 Å². The third kappa shape index (κ3) is 4.00. The molecule has 8 heteroatoms. The second kappa shape index (κ2) is 7.75. The van der Waals surface area contributed by atoms with Gasteiger partial charge < -0.3 is 14.2 Å². The van der Waals surface area contributed by atoms with E-state index in [2.05, 4.69) is 15.2 Å². The van der Waals surface area contributed by atoms with Crippen LogP contribution >= 0.6 is 0 Å². The Morgan fingerprint density at radius 1 is 1.29 bits per heavy atom. The van der Waals surface area contributed by atoms with E-state index in [-0.39, 0.29) is 17.6 Å². The van der Waals surface area contributed by atoms with Crippen LogP contribution in [-0.2, 0) is 7.05 Å². The molecule has 0 radical (unpaired) electrons. The number of ether oxygens (including phenoxy) is 1. The number of amides is 1. The number of carbonyl (C=O) groups is 1. The fraction of sp³-hybridized carbons (Fsp3) is 0.300. The van der Waals surface area contributed by atoms with Gasteiger partial charge in [0.25, 0.3) is 5.91 Å². The fourth-order valence-corrected chi connectivity index (χ4v) is 3.24. The molecule has 2 aromatic heterocycles. The monoisotopic (exact) mass is 381 g/mol. The number of rotatable bonds is 5. The molecule has 28 heavy (non-hydrogen) atoms. The highest BCUT2D eigenvalue weighted by Crippen LogP contribution is 2.21. The van der Waals surface area contributed by atoms with Crippen molar-refractivity contribution in [2.45, 2.75) is 6.42 Å². The summed E-state index contributed by atoms with van der Waals surface area (Å²) in [6.07, 6.45) is 4.21. The molecule has 1 saturated heterocycles. The van der Waals surface area contributed by atoms with Crippen LogP contribution < -0.4 is 4.74 Å². The zero-order valence-electron chi connectivity index (χ0n) is 15.5. The summed E-state index contributed by atoms with van der Waals surface area (Å²) in [6.45, 7) is 1.78. The van der Waals surface area contributed by atoms with Crippen molar-refractivity contribution < 1.29 is 13.9 Å². The van der Waals surface area contributed by atoms with Crippen molar-refractivity contribution in [2.24, 2.45) is 13.0 Å². The zero-order chi connectivity index (χ0) is 19.5. The van der Waals surface area contributed by atoms with Gasteiger partial charge in [-0.15, -0.1) is 10.2 Å². The molecular formula is C20H20FN5O2. The van der Waals surface area contributed by atoms with Gasteiger partial charge in [-0.1, -0.05) is 12.1 Å². The van der Waals surface area contributed by atoms with E-state index >= 15 is 0 Å². The van der Waals surface area contributed by atoms with E-state index in [1.807, 2.05) is 7.05 Å². The third-order valence-electron chi connectivity index (χ3n) is 4.72. The van der Waals surface area contributed by atoms with Gasteiger partial charge in [0.15, 0.2) is 0 Å². The predicted octanol–water partition coefficient (Wildman–Crippen LogP) is 2.56. The molecule has 1 fully saturated rings. The first kappa shape index (κ1) is 18.1. The third-order valence-corrected chi connectivity index (χ3v) is 4.72. The Morgan fingerprint density at radius 2 is 2.18 bits per heavy atom. The molecule has 1 amide bonds. The first-order valence-corrected chi connectivity index (χ1v) is 9.08. The van der Waals surface area contributed by atoms with E-state index in [4.69, 9.17) is 4.74 Å². The van der Waals surface area contributed by atoms with Crippen LogP contribution in [0.5, 0.6) is 5.88 Å². The molecule has 0 N–H and O–H groups in total. The maximum atomic E-state index is 13.3. The second-order valence-electron chi connectivity index (χ2n) is 6.91. The van der Waals surface area contributed by atoms with Crippen LogP contribution in [0.1, 0.15) is 16.9 Å². The molecule has 1 aliphatic heterocycles. The Balaban J connectivity index is 1.31. The molecule has 0 saturated carbocycles. The molecule has 7 nitrogen and oxygen atoms in total. The number of hydrogen-bond donors (Lipinski definition) is 0. The molecule has 1 atom stereocenters. The van der Waals surface area contributed by atoms with Crippen LogP contribution in [0.2, 0.25) is 0 Å². The van der Waals surface area contributed by atoms with Gasteiger partial charge in [-0.3, -0.25) is 4.79 Å². The van der Waals surface area contributed by atoms with E-state index < -0.39 is 0 Å². The first-order valence-electron chi connectivity index (χ1n) is 9.08. The van der Waals surface area contributed by atoms with E-state index in [1.165, 1.54) is 12.1 Å². The molecule has 0 aliphatic carbocycles. The SMILES string of the molecule is Cn1cnc(C(=O)N2CCC(COc3ccc(-c4cccc(F)c4)nn3)C2)c1. The normalized spacial score (nSPS) is 16.4. The van der Waals surface area contributed by atoms with Crippen molar-refractivity contribution in [3.63, 3.8) is 0 Å². The lowest BCUT2D eigenvalue weighted by Crippen LogP contribution is -2.29. The number of halogens is 1. The lowest BCUT2D eigenvalue weighted by molar-refractivity contribution is 0.0777. The number of aryl methyl sites for hydroxylation is 1. The number of aromatic nitrogens is 4. The molecule has 144 valence electrons. The van der Waals surface area contributed by atoms with Crippen LogP contribution in [0.4, 0.5) is 4.39 Å². The number of hydrogen-bond acceptors (Lipinski definition) is 5. The minimum Gasteiger partial charge on any atom is -0.476 e. The summed E-state index contributed by atoms with van der Waals surface area (Å²) < 4.78 is 20.8. The van der Waals surface area contributed by atoms with Crippen molar-refractivity contribution >= 4 is 5.91 Å². The number of carbonyl (C=O) groups excluding carboxylic acids is 1. The Kier molecular flexibility index (Phi) is 5.01. The van der Waals surface area contributed by atoms with Gasteiger partial charge >= 0.3 is 0 Å². The van der Waals surface area contributed by atoms with E-state index in [0.29, 0.717) is 42.5 Å². The quantitative estimate of drug-likeness (QED) is 0.679. The Labute approximate surface area is 161 Å². The van der Waals surface area contributed by atoms with Gasteiger partial charge in [0.2, 0.25) is 5.88 Å². The van der Waals surface area contributed by atoms with Crippen LogP contribution in [0, 0.1) is 11.7 Å². The molecule has 3 aromatic rings. The van der Waals surface area contributed by atoms with Gasteiger partial charge in [0.05, 0.1) is 18.6 Å². The summed E-state index contributed by atoms with van der Waals surface area (Å²) in [6, 6.07) is 9.68. The van der Waals surface area contributed by atoms with Gasteiger partial charge in [-0.25, -0.2) is 9.37 Å². The molecule has 3 heterocycles. The van der Waals surface area contributed by atoms with E-state index in [9.17, 15) is 9.18 Å². The van der Waals surface area contributed by atoms with Crippen molar-refractivity contribution in [3.05, 3.63) is 60.4 Å². The molecule has 1 unspecified atom stereocenters. The standard InChI is InChI=1S/C20H20FN5O2/c1-25-11-18(22-13-25)20(27)26-8-7-14(10-26)12-28-19-6-5-17(23-24-19)15-3-2-4-16(21)9-15/h2-6,9,11,13-14H,7-8,10,12H2,1H3. The zero-order valence-corrected chi connectivity index (χ0v) is 15.5. The summed E-state index contributed by atoms with van der Waals surface area (Å²) in [5.74, 6) is 0.278. The second-order valence-corrected chi connectivity index (χ2v) is 6.91. The Hall–Kier alpha value is -3.29. The summed E-state index contributed by atoms with van der Waals surface area (Å²) in [5.41, 5.74) is 1.71. The molecule has 0 spiro atoms. The number of nitrogens with zero attached hydrogens (tertiary/aromatic N) is 5. The largest absolute Gasteiger partial charge is 0.476 e. The Bertz CT molecular complexity index is 973. The van der Waals surface area contributed by atoms with Gasteiger partial charge in [-0.05, 0) is 24.6 Å². The predicted molar refractivity (Wildman–Crippen MR) is 100 cm³/mol. The lowest BCUT2D eigenvalue weighted by Gasteiger charge is -2.15. The van der Waals surface area contributed by atoms with Crippen molar-refractivity contribution in [1.82, 2.24) is 24.6 Å². The van der Waals surface area contributed by atoms with Crippen LogP contribution in [0.15, 0.2) is 48.9 Å². The van der Waals surface area contributed by atoms with Gasteiger partial charge in [0.1, 0.15) is 11.5 Å². The van der Waals surface area contributed by atoms with Gasteiger partial charge in [0, 0.05) is 43.9 Å². The molecule has 1 aromatic carbocycles. The first-order chi connectivity index (χ1) is 13.6. The van der Waals surface area contributed by atoms with Crippen LogP contribution in [0.25, 0.3) is 11.3 Å². The highest BCUT2D eigenvalue weighted by atomic mass is 19.1. The number of benzene rings is 1. The van der Waals surface area contributed by atoms with E-state index in [0.717, 1.165) is 6.42 Å². The molecular weight excluding hydrogens is 361 g/mol. The summed E-state index contributed by atoms with van der Waals surface area (Å²) in [7, 11) is 1.84. The van der Waals surface area contributed by atoms with Gasteiger partial charge in [-0.2, -0.15) is 0 Å². The fourth-order valence-electron chi connectivity index (χ4n) is 3.24. The summed E-state index contributed by atoms with van der Waals surface area (Å²) >= 11 is 0. The van der Waals surface area contributed by atoms with Crippen molar-refractivity contribution in [1.29, 1.82) is 0 Å². The van der Waals surface area contributed by atoms with Crippen LogP contribution in [0.3, 0.4) is 0 Å². The summed E-state index contributed by atoms with van der Waals surface area (Å²) in [4.78, 5) is 18.4. The van der Waals surface area contributed by atoms with Crippen molar-refractivity contribution in [2.75, 3.05) is 19.7 Å². The smallest absolute Gasteiger partial charge is 0.274 e. The molecule has 4 rings (SSSR count).